The molecule has 0 aliphatic rings. The van der Waals surface area contributed by atoms with Crippen molar-refractivity contribution in [2.24, 2.45) is 7.05 Å². The maximum atomic E-state index is 13.8. The standard InChI is InChI=1S/C33H33F2N5O6/c1-40-32(37-38-39-40)28(31(21-5-9-23(34)10-6-21)22-7-11-24(35)12-8-22)16-15-26(42)18-27(43)19-30(44)36-29(33(45)46-2)17-20-3-13-25(41)14-4-20/h3-16,26-27,29,41-43H,17-19H2,1-2H3,(H,36,44)/t26-,27-,29+/m1/s1. The predicted octanol–water partition coefficient (Wildman–Crippen LogP) is 3.11. The predicted molar refractivity (Wildman–Crippen MR) is 164 cm³/mol. The Labute approximate surface area is 263 Å². The lowest BCUT2D eigenvalue weighted by Gasteiger charge is -2.19. The van der Waals surface area contributed by atoms with Gasteiger partial charge in [-0.05, 0) is 69.1 Å². The summed E-state index contributed by atoms with van der Waals surface area (Å²) in [5, 5.41) is 45.2. The summed E-state index contributed by atoms with van der Waals surface area (Å²) in [5.74, 6) is -1.89. The molecule has 0 bridgehead atoms. The number of phenolic OH excluding ortho intramolecular Hbond substituents is 1. The molecule has 4 N–H and O–H groups in total. The fraction of sp³-hybridized carbons (Fsp3) is 0.242. The van der Waals surface area contributed by atoms with Crippen LogP contribution in [0.25, 0.3) is 11.1 Å². The molecule has 0 fully saturated rings. The molecule has 0 aliphatic heterocycles. The van der Waals surface area contributed by atoms with Crippen molar-refractivity contribution >= 4 is 23.0 Å². The Hall–Kier alpha value is -5.27. The summed E-state index contributed by atoms with van der Waals surface area (Å²) in [6.45, 7) is 0. The number of carbonyl (C=O) groups excluding carboxylic acids is 2. The number of nitrogens with one attached hydrogen (secondary N) is 1. The first kappa shape index (κ1) is 33.6. The molecule has 0 aliphatic carbocycles. The molecule has 3 aromatic carbocycles. The summed E-state index contributed by atoms with van der Waals surface area (Å²) in [4.78, 5) is 25.0. The van der Waals surface area contributed by atoms with E-state index in [9.17, 15) is 33.7 Å². The number of rotatable bonds is 13. The summed E-state index contributed by atoms with van der Waals surface area (Å²) in [5.41, 5.74) is 2.72. The number of halogens is 2. The first-order valence-corrected chi connectivity index (χ1v) is 14.2. The van der Waals surface area contributed by atoms with Crippen LogP contribution in [-0.2, 0) is 27.8 Å². The van der Waals surface area contributed by atoms with Gasteiger partial charge in [-0.25, -0.2) is 18.3 Å². The Morgan fingerprint density at radius 1 is 0.957 bits per heavy atom. The second kappa shape index (κ2) is 15.6. The van der Waals surface area contributed by atoms with Crippen LogP contribution < -0.4 is 5.32 Å². The average molecular weight is 634 g/mol. The molecule has 11 nitrogen and oxygen atoms in total. The third-order valence-electron chi connectivity index (χ3n) is 7.01. The van der Waals surface area contributed by atoms with Gasteiger partial charge in [0, 0.05) is 25.5 Å². The van der Waals surface area contributed by atoms with E-state index in [1.54, 1.807) is 43.4 Å². The van der Waals surface area contributed by atoms with Crippen molar-refractivity contribution in [2.45, 2.75) is 37.5 Å². The smallest absolute Gasteiger partial charge is 0.328 e. The number of nitrogens with zero attached hydrogens (tertiary/aromatic N) is 4. The van der Waals surface area contributed by atoms with E-state index < -0.39 is 48.2 Å². The van der Waals surface area contributed by atoms with Gasteiger partial charge in [0.2, 0.25) is 5.91 Å². The van der Waals surface area contributed by atoms with E-state index in [-0.39, 0.29) is 24.4 Å². The number of amides is 1. The first-order valence-electron chi connectivity index (χ1n) is 14.2. The van der Waals surface area contributed by atoms with Crippen LogP contribution in [0.4, 0.5) is 8.78 Å². The molecule has 13 heteroatoms. The Morgan fingerprint density at radius 2 is 1.54 bits per heavy atom. The van der Waals surface area contributed by atoms with Crippen molar-refractivity contribution in [2.75, 3.05) is 7.11 Å². The number of methoxy groups -OCH3 is 1. The van der Waals surface area contributed by atoms with Gasteiger partial charge in [0.25, 0.3) is 0 Å². The van der Waals surface area contributed by atoms with Gasteiger partial charge < -0.3 is 25.4 Å². The molecule has 1 heterocycles. The lowest BCUT2D eigenvalue weighted by atomic mass is 9.91. The highest BCUT2D eigenvalue weighted by Crippen LogP contribution is 2.33. The minimum Gasteiger partial charge on any atom is -0.508 e. The molecule has 0 radical (unpaired) electrons. The normalized spacial score (nSPS) is 13.2. The van der Waals surface area contributed by atoms with Crippen LogP contribution in [0, 0.1) is 11.6 Å². The molecular weight excluding hydrogens is 600 g/mol. The zero-order valence-corrected chi connectivity index (χ0v) is 25.0. The molecule has 46 heavy (non-hydrogen) atoms. The number of aliphatic hydroxyl groups excluding tert-OH is 2. The summed E-state index contributed by atoms with van der Waals surface area (Å²) in [7, 11) is 2.80. The molecule has 0 unspecified atom stereocenters. The van der Waals surface area contributed by atoms with E-state index >= 15 is 0 Å². The number of aryl methyl sites for hydroxylation is 1. The summed E-state index contributed by atoms with van der Waals surface area (Å²) >= 11 is 0. The number of esters is 1. The number of allylic oxidation sites excluding steroid dienone is 2. The van der Waals surface area contributed by atoms with E-state index in [4.69, 9.17) is 4.74 Å². The van der Waals surface area contributed by atoms with Gasteiger partial charge in [-0.1, -0.05) is 48.6 Å². The highest BCUT2D eigenvalue weighted by atomic mass is 19.1. The number of phenols is 1. The summed E-state index contributed by atoms with van der Waals surface area (Å²) in [6.07, 6.45) is -0.163. The van der Waals surface area contributed by atoms with E-state index in [0.29, 0.717) is 27.8 Å². The van der Waals surface area contributed by atoms with Gasteiger partial charge >= 0.3 is 5.97 Å². The number of carbonyl (C=O) groups is 2. The fourth-order valence-electron chi connectivity index (χ4n) is 4.76. The second-order valence-electron chi connectivity index (χ2n) is 10.5. The van der Waals surface area contributed by atoms with Crippen LogP contribution in [0.5, 0.6) is 5.75 Å². The van der Waals surface area contributed by atoms with Crippen molar-refractivity contribution < 1.29 is 38.4 Å². The van der Waals surface area contributed by atoms with E-state index in [1.165, 1.54) is 60.3 Å². The topological polar surface area (TPSA) is 160 Å². The average Bonchev–Trinajstić information content (AvgIpc) is 3.46. The van der Waals surface area contributed by atoms with E-state index in [2.05, 4.69) is 20.8 Å². The minimum atomic E-state index is -1.29. The van der Waals surface area contributed by atoms with Gasteiger partial charge in [-0.15, -0.1) is 5.10 Å². The molecule has 1 amide bonds. The van der Waals surface area contributed by atoms with Crippen molar-refractivity contribution in [3.63, 3.8) is 0 Å². The number of aliphatic hydroxyl groups is 2. The minimum absolute atomic E-state index is 0.0520. The first-order chi connectivity index (χ1) is 22.0. The van der Waals surface area contributed by atoms with Crippen molar-refractivity contribution in [1.82, 2.24) is 25.5 Å². The van der Waals surface area contributed by atoms with Crippen molar-refractivity contribution in [3.05, 3.63) is 119 Å². The molecule has 0 saturated heterocycles. The van der Waals surface area contributed by atoms with Crippen LogP contribution in [0.2, 0.25) is 0 Å². The zero-order chi connectivity index (χ0) is 33.2. The van der Waals surface area contributed by atoms with Crippen molar-refractivity contribution in [3.8, 4) is 5.75 Å². The van der Waals surface area contributed by atoms with E-state index in [0.717, 1.165) is 0 Å². The Balaban J connectivity index is 1.53. The van der Waals surface area contributed by atoms with Gasteiger partial charge in [0.15, 0.2) is 5.82 Å². The molecule has 0 spiro atoms. The van der Waals surface area contributed by atoms with Crippen LogP contribution in [0.15, 0.2) is 84.9 Å². The maximum absolute atomic E-state index is 13.8. The van der Waals surface area contributed by atoms with Crippen molar-refractivity contribution in [1.29, 1.82) is 0 Å². The van der Waals surface area contributed by atoms with Crippen LogP contribution in [-0.4, -0.2) is 72.8 Å². The molecular formula is C33H33F2N5O6. The summed E-state index contributed by atoms with van der Waals surface area (Å²) < 4.78 is 33.8. The largest absolute Gasteiger partial charge is 0.508 e. The van der Waals surface area contributed by atoms with Gasteiger partial charge in [-0.2, -0.15) is 0 Å². The van der Waals surface area contributed by atoms with Crippen LogP contribution in [0.1, 0.15) is 35.4 Å². The lowest BCUT2D eigenvalue weighted by molar-refractivity contribution is -0.145. The monoisotopic (exact) mass is 633 g/mol. The molecule has 4 rings (SSSR count). The Kier molecular flexibility index (Phi) is 11.4. The number of ether oxygens (including phenoxy) is 1. The molecule has 3 atom stereocenters. The highest BCUT2D eigenvalue weighted by Gasteiger charge is 2.24. The van der Waals surface area contributed by atoms with Crippen LogP contribution in [0.3, 0.4) is 0 Å². The number of aromatic nitrogens is 4. The number of hydrogen-bond donors (Lipinski definition) is 4. The maximum Gasteiger partial charge on any atom is 0.328 e. The number of tetrazole rings is 1. The number of aromatic hydroxyl groups is 1. The highest BCUT2D eigenvalue weighted by molar-refractivity contribution is 6.00. The van der Waals surface area contributed by atoms with E-state index in [1.807, 2.05) is 0 Å². The second-order valence-corrected chi connectivity index (χ2v) is 10.5. The molecule has 0 saturated carbocycles. The van der Waals surface area contributed by atoms with Gasteiger partial charge in [-0.3, -0.25) is 4.79 Å². The van der Waals surface area contributed by atoms with Gasteiger partial charge in [0.05, 0.1) is 25.7 Å². The Bertz CT molecular complexity index is 1640. The lowest BCUT2D eigenvalue weighted by Crippen LogP contribution is -2.44. The molecule has 4 aromatic rings. The molecule has 1 aromatic heterocycles. The fourth-order valence-corrected chi connectivity index (χ4v) is 4.76. The quantitative estimate of drug-likeness (QED) is 0.128. The third-order valence-corrected chi connectivity index (χ3v) is 7.01. The third kappa shape index (κ3) is 9.13. The van der Waals surface area contributed by atoms with Gasteiger partial charge in [0.1, 0.15) is 23.4 Å². The summed E-state index contributed by atoms with van der Waals surface area (Å²) in [6, 6.07) is 16.4. The zero-order valence-electron chi connectivity index (χ0n) is 25.0. The number of benzene rings is 3. The number of hydrogen-bond acceptors (Lipinski definition) is 9. The molecule has 240 valence electrons. The Morgan fingerprint density at radius 3 is 2.07 bits per heavy atom. The van der Waals surface area contributed by atoms with Crippen LogP contribution >= 0.6 is 0 Å². The SMILES string of the molecule is COC(=O)[C@H](Cc1ccc(O)cc1)NC(=O)C[C@H](O)C[C@H](O)C=CC(=C(c1ccc(F)cc1)c1ccc(F)cc1)c1nnnn1C.